The number of quaternary nitrogens is 1. The quantitative estimate of drug-likeness (QED) is 0.730. The Morgan fingerprint density at radius 3 is 2.48 bits per heavy atom. The summed E-state index contributed by atoms with van der Waals surface area (Å²) >= 11 is 0. The summed E-state index contributed by atoms with van der Waals surface area (Å²) in [6.07, 6.45) is 0.317. The van der Waals surface area contributed by atoms with Gasteiger partial charge in [0.15, 0.2) is 5.58 Å². The van der Waals surface area contributed by atoms with Gasteiger partial charge in [0.05, 0.1) is 31.7 Å². The molecule has 0 aliphatic carbocycles. The first-order valence-electron chi connectivity index (χ1n) is 9.44. The maximum atomic E-state index is 12.6. The predicted octanol–water partition coefficient (Wildman–Crippen LogP) is 0.912. The van der Waals surface area contributed by atoms with Crippen LogP contribution >= 0.6 is 0 Å². The number of aromatic nitrogens is 1. The van der Waals surface area contributed by atoms with E-state index in [4.69, 9.17) is 4.42 Å². The third-order valence-electron chi connectivity index (χ3n) is 5.24. The third kappa shape index (κ3) is 3.95. The number of oxazole rings is 1. The van der Waals surface area contributed by atoms with Crippen LogP contribution in [0, 0.1) is 0 Å². The lowest BCUT2D eigenvalue weighted by Crippen LogP contribution is -3.13. The van der Waals surface area contributed by atoms with E-state index in [1.165, 1.54) is 10.5 Å². The molecule has 2 aromatic carbocycles. The van der Waals surface area contributed by atoms with Crippen LogP contribution in [0.5, 0.6) is 0 Å². The van der Waals surface area contributed by atoms with E-state index in [1.54, 1.807) is 10.6 Å². The first-order valence-corrected chi connectivity index (χ1v) is 9.44. The maximum Gasteiger partial charge on any atom is 0.419 e. The number of amides is 1. The molecule has 1 N–H and O–H groups in total. The number of nitrogens with one attached hydrogen (secondary N) is 1. The highest BCUT2D eigenvalue weighted by molar-refractivity contribution is 5.77. The van der Waals surface area contributed by atoms with Crippen molar-refractivity contribution in [2.24, 2.45) is 0 Å². The second-order valence-corrected chi connectivity index (χ2v) is 7.03. The van der Waals surface area contributed by atoms with E-state index in [-0.39, 0.29) is 5.91 Å². The summed E-state index contributed by atoms with van der Waals surface area (Å²) in [5, 5.41) is 0. The first-order chi connectivity index (χ1) is 13.2. The summed E-state index contributed by atoms with van der Waals surface area (Å²) in [7, 11) is 0. The number of carbonyl (C=O) groups excluding carboxylic acids is 1. The molecular formula is C21H24N3O3+. The molecule has 0 saturated carbocycles. The van der Waals surface area contributed by atoms with Gasteiger partial charge in [-0.1, -0.05) is 42.5 Å². The average molecular weight is 366 g/mol. The van der Waals surface area contributed by atoms with Crippen LogP contribution in [0.1, 0.15) is 12.0 Å². The molecule has 0 radical (unpaired) electrons. The molecule has 1 aliphatic heterocycles. The summed E-state index contributed by atoms with van der Waals surface area (Å²) in [5.41, 5.74) is 2.64. The van der Waals surface area contributed by atoms with Gasteiger partial charge in [0, 0.05) is 18.5 Å². The van der Waals surface area contributed by atoms with Gasteiger partial charge in [0.2, 0.25) is 5.91 Å². The van der Waals surface area contributed by atoms with Gasteiger partial charge < -0.3 is 14.2 Å². The molecule has 0 atom stereocenters. The van der Waals surface area contributed by atoms with E-state index in [2.05, 4.69) is 24.3 Å². The number of para-hydroxylation sites is 2. The molecule has 27 heavy (non-hydrogen) atoms. The summed E-state index contributed by atoms with van der Waals surface area (Å²) in [6.45, 7) is 4.79. The molecule has 140 valence electrons. The van der Waals surface area contributed by atoms with Gasteiger partial charge in [-0.2, -0.15) is 0 Å². The van der Waals surface area contributed by atoms with Gasteiger partial charge in [-0.25, -0.2) is 4.79 Å². The van der Waals surface area contributed by atoms with Crippen LogP contribution < -0.4 is 10.7 Å². The number of carbonyl (C=O) groups is 1. The van der Waals surface area contributed by atoms with Crippen molar-refractivity contribution in [3.8, 4) is 0 Å². The highest BCUT2D eigenvalue weighted by atomic mass is 16.4. The second kappa shape index (κ2) is 7.80. The smallest absolute Gasteiger partial charge is 0.408 e. The highest BCUT2D eigenvalue weighted by Gasteiger charge is 2.23. The molecule has 1 saturated heterocycles. The van der Waals surface area contributed by atoms with Crippen molar-refractivity contribution in [2.45, 2.75) is 19.5 Å². The van der Waals surface area contributed by atoms with Gasteiger partial charge in [-0.3, -0.25) is 9.36 Å². The third-order valence-corrected chi connectivity index (χ3v) is 5.24. The normalized spacial score (nSPS) is 15.3. The number of hydrogen-bond donors (Lipinski definition) is 1. The topological polar surface area (TPSA) is 59.9 Å². The summed E-state index contributed by atoms with van der Waals surface area (Å²) in [4.78, 5) is 28.0. The molecule has 1 fully saturated rings. The van der Waals surface area contributed by atoms with E-state index in [9.17, 15) is 9.59 Å². The number of rotatable bonds is 5. The Labute approximate surface area is 157 Å². The largest absolute Gasteiger partial charge is 0.419 e. The van der Waals surface area contributed by atoms with Crippen molar-refractivity contribution in [3.63, 3.8) is 0 Å². The van der Waals surface area contributed by atoms with E-state index in [1.807, 2.05) is 29.2 Å². The van der Waals surface area contributed by atoms with Crippen molar-refractivity contribution in [3.05, 3.63) is 70.7 Å². The molecule has 1 amide bonds. The zero-order valence-electron chi connectivity index (χ0n) is 15.3. The molecule has 3 aromatic rings. The molecule has 0 spiro atoms. The molecular weight excluding hydrogens is 342 g/mol. The van der Waals surface area contributed by atoms with Crippen molar-refractivity contribution in [1.82, 2.24) is 9.47 Å². The van der Waals surface area contributed by atoms with Crippen LogP contribution in [-0.4, -0.2) is 41.6 Å². The number of piperazine rings is 1. The number of nitrogens with zero attached hydrogens (tertiary/aromatic N) is 2. The fourth-order valence-electron chi connectivity index (χ4n) is 3.72. The van der Waals surface area contributed by atoms with Crippen LogP contribution in [0.2, 0.25) is 0 Å². The first kappa shape index (κ1) is 17.5. The van der Waals surface area contributed by atoms with E-state index >= 15 is 0 Å². The Bertz CT molecular complexity index is 969. The lowest BCUT2D eigenvalue weighted by atomic mass is 10.2. The van der Waals surface area contributed by atoms with Gasteiger partial charge in [0.1, 0.15) is 6.54 Å². The number of aryl methyl sites for hydroxylation is 1. The minimum absolute atomic E-state index is 0.103. The van der Waals surface area contributed by atoms with Gasteiger partial charge >= 0.3 is 5.76 Å². The van der Waals surface area contributed by atoms with Crippen LogP contribution in [0.3, 0.4) is 0 Å². The Morgan fingerprint density at radius 1 is 1.00 bits per heavy atom. The highest BCUT2D eigenvalue weighted by Crippen LogP contribution is 2.12. The number of benzene rings is 2. The Kier molecular flexibility index (Phi) is 5.07. The Balaban J connectivity index is 1.31. The molecule has 4 rings (SSSR count). The van der Waals surface area contributed by atoms with E-state index in [0.717, 1.165) is 38.2 Å². The molecule has 2 heterocycles. The van der Waals surface area contributed by atoms with Crippen LogP contribution in [0.4, 0.5) is 0 Å². The average Bonchev–Trinajstić information content (AvgIpc) is 3.02. The fourth-order valence-corrected chi connectivity index (χ4v) is 3.72. The van der Waals surface area contributed by atoms with Crippen LogP contribution in [0.25, 0.3) is 11.1 Å². The Morgan fingerprint density at radius 2 is 1.70 bits per heavy atom. The summed E-state index contributed by atoms with van der Waals surface area (Å²) in [6, 6.07) is 17.8. The number of fused-ring (bicyclic) bond motifs is 1. The monoisotopic (exact) mass is 366 g/mol. The number of hydrogen-bond acceptors (Lipinski definition) is 3. The lowest BCUT2D eigenvalue weighted by molar-refractivity contribution is -0.917. The maximum absolute atomic E-state index is 12.6. The van der Waals surface area contributed by atoms with Gasteiger partial charge in [-0.15, -0.1) is 0 Å². The van der Waals surface area contributed by atoms with Crippen molar-refractivity contribution < 1.29 is 14.1 Å². The predicted molar refractivity (Wildman–Crippen MR) is 103 cm³/mol. The van der Waals surface area contributed by atoms with Gasteiger partial charge in [-0.05, 0) is 12.1 Å². The van der Waals surface area contributed by atoms with Crippen molar-refractivity contribution >= 4 is 17.0 Å². The van der Waals surface area contributed by atoms with E-state index < -0.39 is 5.76 Å². The Hall–Kier alpha value is -2.86. The minimum Gasteiger partial charge on any atom is -0.408 e. The lowest BCUT2D eigenvalue weighted by Gasteiger charge is -2.32. The zero-order chi connectivity index (χ0) is 18.6. The van der Waals surface area contributed by atoms with E-state index in [0.29, 0.717) is 18.5 Å². The fraction of sp³-hybridized carbons (Fsp3) is 0.333. The molecule has 6 nitrogen and oxygen atoms in total. The van der Waals surface area contributed by atoms with Crippen LogP contribution in [-0.2, 0) is 17.9 Å². The standard InChI is InChI=1S/C21H23N3O3/c25-20(10-11-24-18-8-4-5-9-19(18)27-21(24)26)23-14-12-22(13-15-23)16-17-6-2-1-3-7-17/h1-9H,10-16H2/p+1. The zero-order valence-corrected chi connectivity index (χ0v) is 15.3. The second-order valence-electron chi connectivity index (χ2n) is 7.03. The molecule has 1 aromatic heterocycles. The molecule has 6 heteroatoms. The van der Waals surface area contributed by atoms with Crippen molar-refractivity contribution in [2.75, 3.05) is 26.2 Å². The summed E-state index contributed by atoms with van der Waals surface area (Å²) in [5.74, 6) is -0.299. The molecule has 1 aliphatic rings. The SMILES string of the molecule is O=C(CCn1c(=O)oc2ccccc21)N1CC[NH+](Cc2ccccc2)CC1. The minimum atomic E-state index is -0.402. The molecule has 0 unspecified atom stereocenters. The molecule has 0 bridgehead atoms. The summed E-state index contributed by atoms with van der Waals surface area (Å²) < 4.78 is 6.77. The van der Waals surface area contributed by atoms with Gasteiger partial charge in [0.25, 0.3) is 0 Å². The van der Waals surface area contributed by atoms with Crippen molar-refractivity contribution in [1.29, 1.82) is 0 Å². The van der Waals surface area contributed by atoms with Crippen LogP contribution in [0.15, 0.2) is 63.8 Å².